The van der Waals surface area contributed by atoms with Crippen LogP contribution in [0.4, 0.5) is 0 Å². The van der Waals surface area contributed by atoms with Crippen LogP contribution in [0.5, 0.6) is 11.5 Å². The second-order valence-electron chi connectivity index (χ2n) is 4.36. The van der Waals surface area contributed by atoms with E-state index in [9.17, 15) is 0 Å². The molecule has 0 aromatic heterocycles. The molecule has 0 spiro atoms. The lowest BCUT2D eigenvalue weighted by Crippen LogP contribution is -2.22. The summed E-state index contributed by atoms with van der Waals surface area (Å²) in [4.78, 5) is 0. The van der Waals surface area contributed by atoms with Gasteiger partial charge in [0.1, 0.15) is 24.7 Å². The van der Waals surface area contributed by atoms with Gasteiger partial charge in [0.15, 0.2) is 0 Å². The Bertz CT molecular complexity index is 381. The van der Waals surface area contributed by atoms with Gasteiger partial charge in [0, 0.05) is 18.7 Å². The molecule has 1 unspecified atom stereocenters. The van der Waals surface area contributed by atoms with Crippen LogP contribution in [0.3, 0.4) is 0 Å². The molecular weight excluding hydrogens is 230 g/mol. The average Bonchev–Trinajstić information content (AvgIpc) is 2.79. The quantitative estimate of drug-likeness (QED) is 0.754. The molecule has 0 saturated heterocycles. The van der Waals surface area contributed by atoms with Crippen LogP contribution in [-0.2, 0) is 4.74 Å². The number of methoxy groups -OCH3 is 1. The number of hydrogen-bond donors (Lipinski definition) is 1. The molecule has 1 N–H and O–H groups in total. The van der Waals surface area contributed by atoms with Gasteiger partial charge in [-0.25, -0.2) is 0 Å². The minimum atomic E-state index is 0.313. The molecule has 1 atom stereocenters. The number of nitrogens with one attached hydrogen (secondary N) is 1. The molecule has 4 heteroatoms. The minimum absolute atomic E-state index is 0.313. The van der Waals surface area contributed by atoms with Gasteiger partial charge in [0.05, 0.1) is 12.6 Å². The van der Waals surface area contributed by atoms with E-state index in [1.165, 1.54) is 5.56 Å². The van der Waals surface area contributed by atoms with Crippen molar-refractivity contribution in [3.05, 3.63) is 23.8 Å². The molecule has 1 aliphatic rings. The van der Waals surface area contributed by atoms with E-state index in [0.29, 0.717) is 25.9 Å². The van der Waals surface area contributed by atoms with Gasteiger partial charge in [0.25, 0.3) is 0 Å². The first-order chi connectivity index (χ1) is 8.85. The van der Waals surface area contributed by atoms with E-state index in [-0.39, 0.29) is 0 Å². The first-order valence-electron chi connectivity index (χ1n) is 6.47. The van der Waals surface area contributed by atoms with Gasteiger partial charge in [-0.15, -0.1) is 0 Å². The number of benzene rings is 1. The SMILES string of the molecule is CCCNC1COc2cc(OCCOC)ccc21. The van der Waals surface area contributed by atoms with Crippen molar-refractivity contribution in [2.45, 2.75) is 19.4 Å². The molecule has 0 bridgehead atoms. The summed E-state index contributed by atoms with van der Waals surface area (Å²) in [6.07, 6.45) is 1.13. The van der Waals surface area contributed by atoms with Gasteiger partial charge in [-0.1, -0.05) is 6.92 Å². The Morgan fingerprint density at radius 1 is 1.39 bits per heavy atom. The van der Waals surface area contributed by atoms with Gasteiger partial charge in [-0.3, -0.25) is 0 Å². The third-order valence-electron chi connectivity index (χ3n) is 2.96. The van der Waals surface area contributed by atoms with Crippen molar-refractivity contribution in [3.8, 4) is 11.5 Å². The van der Waals surface area contributed by atoms with Crippen molar-refractivity contribution in [1.29, 1.82) is 0 Å². The summed E-state index contributed by atoms with van der Waals surface area (Å²) in [5.74, 6) is 1.76. The molecule has 1 aromatic rings. The Kier molecular flexibility index (Phi) is 4.84. The maximum Gasteiger partial charge on any atom is 0.127 e. The predicted molar refractivity (Wildman–Crippen MR) is 70.3 cm³/mol. The van der Waals surface area contributed by atoms with Crippen molar-refractivity contribution in [3.63, 3.8) is 0 Å². The van der Waals surface area contributed by atoms with Crippen LogP contribution in [0.25, 0.3) is 0 Å². The average molecular weight is 251 g/mol. The summed E-state index contributed by atoms with van der Waals surface area (Å²) in [7, 11) is 1.67. The van der Waals surface area contributed by atoms with Crippen molar-refractivity contribution in [2.75, 3.05) is 33.5 Å². The largest absolute Gasteiger partial charge is 0.491 e. The molecule has 1 aromatic carbocycles. The third-order valence-corrected chi connectivity index (χ3v) is 2.96. The smallest absolute Gasteiger partial charge is 0.127 e. The van der Waals surface area contributed by atoms with E-state index in [2.05, 4.69) is 18.3 Å². The highest BCUT2D eigenvalue weighted by Crippen LogP contribution is 2.35. The molecule has 2 rings (SSSR count). The Morgan fingerprint density at radius 2 is 2.28 bits per heavy atom. The summed E-state index contributed by atoms with van der Waals surface area (Å²) in [5.41, 5.74) is 1.22. The molecule has 1 heterocycles. The van der Waals surface area contributed by atoms with Crippen LogP contribution in [0.15, 0.2) is 18.2 Å². The molecule has 18 heavy (non-hydrogen) atoms. The zero-order chi connectivity index (χ0) is 12.8. The first-order valence-corrected chi connectivity index (χ1v) is 6.47. The summed E-state index contributed by atoms with van der Waals surface area (Å²) >= 11 is 0. The summed E-state index contributed by atoms with van der Waals surface area (Å²) < 4.78 is 16.2. The lowest BCUT2D eigenvalue weighted by molar-refractivity contribution is 0.146. The first kappa shape index (κ1) is 13.2. The van der Waals surface area contributed by atoms with E-state index >= 15 is 0 Å². The highest BCUT2D eigenvalue weighted by Gasteiger charge is 2.23. The van der Waals surface area contributed by atoms with Gasteiger partial charge >= 0.3 is 0 Å². The standard InChI is InChI=1S/C14H21NO3/c1-3-6-15-13-10-18-14-9-11(4-5-12(13)14)17-8-7-16-2/h4-5,9,13,15H,3,6-8,10H2,1-2H3. The molecule has 0 fully saturated rings. The Labute approximate surface area is 108 Å². The zero-order valence-corrected chi connectivity index (χ0v) is 11.1. The van der Waals surface area contributed by atoms with Crippen LogP contribution in [0.1, 0.15) is 24.9 Å². The van der Waals surface area contributed by atoms with E-state index in [4.69, 9.17) is 14.2 Å². The minimum Gasteiger partial charge on any atom is -0.491 e. The Morgan fingerprint density at radius 3 is 3.06 bits per heavy atom. The molecule has 4 nitrogen and oxygen atoms in total. The lowest BCUT2D eigenvalue weighted by atomic mass is 10.1. The molecule has 0 aliphatic carbocycles. The number of hydrogen-bond acceptors (Lipinski definition) is 4. The van der Waals surface area contributed by atoms with Gasteiger partial charge in [0.2, 0.25) is 0 Å². The molecule has 0 amide bonds. The van der Waals surface area contributed by atoms with Gasteiger partial charge < -0.3 is 19.5 Å². The van der Waals surface area contributed by atoms with Crippen molar-refractivity contribution >= 4 is 0 Å². The Hall–Kier alpha value is -1.26. The van der Waals surface area contributed by atoms with E-state index < -0.39 is 0 Å². The van der Waals surface area contributed by atoms with Crippen molar-refractivity contribution < 1.29 is 14.2 Å². The van der Waals surface area contributed by atoms with Crippen molar-refractivity contribution in [2.24, 2.45) is 0 Å². The van der Waals surface area contributed by atoms with Crippen LogP contribution in [-0.4, -0.2) is 33.5 Å². The van der Waals surface area contributed by atoms with E-state index in [1.807, 2.05) is 12.1 Å². The van der Waals surface area contributed by atoms with Crippen LogP contribution < -0.4 is 14.8 Å². The normalized spacial score (nSPS) is 17.3. The summed E-state index contributed by atoms with van der Waals surface area (Å²) in [6, 6.07) is 6.34. The maximum atomic E-state index is 5.68. The third kappa shape index (κ3) is 3.15. The summed E-state index contributed by atoms with van der Waals surface area (Å²) in [6.45, 7) is 5.04. The number of rotatable bonds is 7. The summed E-state index contributed by atoms with van der Waals surface area (Å²) in [5, 5.41) is 3.47. The second kappa shape index (κ2) is 6.61. The predicted octanol–water partition coefficient (Wildman–Crippen LogP) is 2.14. The maximum absolute atomic E-state index is 5.68. The molecule has 0 saturated carbocycles. The van der Waals surface area contributed by atoms with Crippen LogP contribution in [0, 0.1) is 0 Å². The lowest BCUT2D eigenvalue weighted by Gasteiger charge is -2.11. The van der Waals surface area contributed by atoms with E-state index in [1.54, 1.807) is 7.11 Å². The molecule has 1 aliphatic heterocycles. The highest BCUT2D eigenvalue weighted by atomic mass is 16.5. The van der Waals surface area contributed by atoms with Gasteiger partial charge in [-0.2, -0.15) is 0 Å². The fourth-order valence-corrected chi connectivity index (χ4v) is 2.01. The zero-order valence-electron chi connectivity index (χ0n) is 11.1. The monoisotopic (exact) mass is 251 g/mol. The molecular formula is C14H21NO3. The van der Waals surface area contributed by atoms with Crippen LogP contribution >= 0.6 is 0 Å². The fraction of sp³-hybridized carbons (Fsp3) is 0.571. The molecule has 0 radical (unpaired) electrons. The number of ether oxygens (including phenoxy) is 3. The fourth-order valence-electron chi connectivity index (χ4n) is 2.01. The number of fused-ring (bicyclic) bond motifs is 1. The Balaban J connectivity index is 1.96. The van der Waals surface area contributed by atoms with Gasteiger partial charge in [-0.05, 0) is 25.1 Å². The molecule has 100 valence electrons. The topological polar surface area (TPSA) is 39.7 Å². The second-order valence-corrected chi connectivity index (χ2v) is 4.36. The van der Waals surface area contributed by atoms with Crippen LogP contribution in [0.2, 0.25) is 0 Å². The highest BCUT2D eigenvalue weighted by molar-refractivity contribution is 5.45. The van der Waals surface area contributed by atoms with E-state index in [0.717, 1.165) is 24.5 Å². The van der Waals surface area contributed by atoms with Crippen molar-refractivity contribution in [1.82, 2.24) is 5.32 Å².